The summed E-state index contributed by atoms with van der Waals surface area (Å²) in [5.74, 6) is -1.74. The number of carbonyl (C=O) groups is 1. The summed E-state index contributed by atoms with van der Waals surface area (Å²) in [5, 5.41) is 5.59. The molecule has 1 aromatic carbocycles. The Bertz CT molecular complexity index is 1740. The molecule has 0 bridgehead atoms. The van der Waals surface area contributed by atoms with E-state index in [1.54, 1.807) is 6.07 Å². The highest BCUT2D eigenvalue weighted by Crippen LogP contribution is 2.39. The largest absolute Gasteiger partial charge is 0.475 e. The summed E-state index contributed by atoms with van der Waals surface area (Å²) >= 11 is 0. The third kappa shape index (κ3) is 5.92. The van der Waals surface area contributed by atoms with E-state index in [0.717, 1.165) is 19.1 Å². The first-order valence-corrected chi connectivity index (χ1v) is 15.8. The second kappa shape index (κ2) is 10.8. The van der Waals surface area contributed by atoms with Crippen molar-refractivity contribution in [2.24, 2.45) is 10.9 Å². The normalized spacial score (nSPS) is 23.2. The van der Waals surface area contributed by atoms with Crippen LogP contribution in [0.2, 0.25) is 0 Å². The maximum atomic E-state index is 14.3. The molecular formula is C28H31F3N6O5S. The van der Waals surface area contributed by atoms with E-state index in [9.17, 15) is 26.4 Å². The van der Waals surface area contributed by atoms with Gasteiger partial charge in [0.05, 0.1) is 27.7 Å². The van der Waals surface area contributed by atoms with Gasteiger partial charge in [0.25, 0.3) is 6.43 Å². The number of benzene rings is 1. The van der Waals surface area contributed by atoms with Crippen molar-refractivity contribution in [3.63, 3.8) is 0 Å². The van der Waals surface area contributed by atoms with Crippen LogP contribution in [0.5, 0.6) is 0 Å². The van der Waals surface area contributed by atoms with Crippen molar-refractivity contribution in [2.45, 2.75) is 68.8 Å². The quantitative estimate of drug-likeness (QED) is 0.356. The summed E-state index contributed by atoms with van der Waals surface area (Å²) in [4.78, 5) is 25.6. The zero-order valence-electron chi connectivity index (χ0n) is 23.7. The molecule has 43 heavy (non-hydrogen) atoms. The van der Waals surface area contributed by atoms with E-state index in [1.807, 2.05) is 13.8 Å². The summed E-state index contributed by atoms with van der Waals surface area (Å²) in [5.41, 5.74) is 0.245. The lowest BCUT2D eigenvalue weighted by molar-refractivity contribution is -0.117. The number of alkyl halides is 3. The van der Waals surface area contributed by atoms with Crippen LogP contribution in [-0.4, -0.2) is 65.9 Å². The van der Waals surface area contributed by atoms with Gasteiger partial charge in [-0.05, 0) is 57.7 Å². The lowest BCUT2D eigenvalue weighted by Crippen LogP contribution is -2.21. The Kier molecular flexibility index (Phi) is 7.35. The Balaban J connectivity index is 1.48. The van der Waals surface area contributed by atoms with Gasteiger partial charge in [0.1, 0.15) is 30.3 Å². The summed E-state index contributed by atoms with van der Waals surface area (Å²) in [6.45, 7) is 4.48. The van der Waals surface area contributed by atoms with Crippen LogP contribution in [-0.2, 0) is 24.1 Å². The van der Waals surface area contributed by atoms with E-state index < -0.39 is 51.9 Å². The average molecular weight is 621 g/mol. The van der Waals surface area contributed by atoms with Crippen molar-refractivity contribution in [1.82, 2.24) is 14.5 Å². The molecule has 2 aromatic heterocycles. The molecule has 0 radical (unpaired) electrons. The number of carbonyl (C=O) groups excluding carboxylic acids is 1. The lowest BCUT2D eigenvalue weighted by atomic mass is 10.1. The molecule has 6 rings (SSSR count). The number of pyridine rings is 1. The van der Waals surface area contributed by atoms with Gasteiger partial charge in [0, 0.05) is 24.5 Å². The number of amides is 1. The molecule has 1 amide bonds. The fraction of sp³-hybridized carbons (Fsp3) is 0.500. The third-order valence-corrected chi connectivity index (χ3v) is 8.62. The number of sulfone groups is 1. The number of rotatable bonds is 8. The van der Waals surface area contributed by atoms with Crippen LogP contribution in [0.1, 0.15) is 63.6 Å². The van der Waals surface area contributed by atoms with Gasteiger partial charge in [0.2, 0.25) is 11.8 Å². The minimum atomic E-state index is -3.83. The number of hydrogen-bond donors (Lipinski definition) is 2. The maximum Gasteiger partial charge on any atom is 0.295 e. The maximum absolute atomic E-state index is 14.3. The molecule has 0 spiro atoms. The number of nitrogens with one attached hydrogen (secondary N) is 2. The summed E-state index contributed by atoms with van der Waals surface area (Å²) in [6.07, 6.45) is -1.92. The van der Waals surface area contributed by atoms with Crippen LogP contribution >= 0.6 is 0 Å². The number of imidazole rings is 1. The number of aliphatic imine (C=N–C) groups is 1. The number of aromatic nitrogens is 3. The van der Waals surface area contributed by atoms with Crippen LogP contribution in [0.15, 0.2) is 34.2 Å². The monoisotopic (exact) mass is 620 g/mol. The van der Waals surface area contributed by atoms with Crippen LogP contribution in [0.3, 0.4) is 0 Å². The molecule has 2 N–H and O–H groups in total. The molecule has 15 heteroatoms. The van der Waals surface area contributed by atoms with Gasteiger partial charge >= 0.3 is 0 Å². The van der Waals surface area contributed by atoms with Crippen LogP contribution < -0.4 is 10.6 Å². The van der Waals surface area contributed by atoms with Crippen LogP contribution in [0, 0.1) is 5.92 Å². The zero-order valence-corrected chi connectivity index (χ0v) is 24.6. The highest BCUT2D eigenvalue weighted by atomic mass is 32.2. The Labute approximate surface area is 245 Å². The van der Waals surface area contributed by atoms with E-state index >= 15 is 0 Å². The standard InChI is InChI=1S/C28H31F3N6O5S/c1-28(2)13-42-27(36-28)14-7-8-17(19(10-14)43(3,39)40)32-18-12-20(34-26(38)15-11-16(15)29)33-24-22(18)35-25(23(30)31)37(24)21-6-4-5-9-41-21/h7-8,10,12,15-16,21,23H,4-6,9,11,13H2,1-3H3,(H2,32,33,34,38)/t15-,16+,21?/m1/s1. The smallest absolute Gasteiger partial charge is 0.295 e. The van der Waals surface area contributed by atoms with Gasteiger partial charge in [-0.2, -0.15) is 0 Å². The molecule has 3 atom stereocenters. The van der Waals surface area contributed by atoms with E-state index in [1.165, 1.54) is 22.8 Å². The molecule has 3 aliphatic rings. The predicted octanol–water partition coefficient (Wildman–Crippen LogP) is 5.07. The van der Waals surface area contributed by atoms with Gasteiger partial charge < -0.3 is 20.1 Å². The first kappa shape index (κ1) is 29.4. The fourth-order valence-corrected chi connectivity index (χ4v) is 6.06. The van der Waals surface area contributed by atoms with Gasteiger partial charge in [-0.15, -0.1) is 0 Å². The van der Waals surface area contributed by atoms with E-state index in [4.69, 9.17) is 9.47 Å². The molecule has 3 aromatic rings. The highest BCUT2D eigenvalue weighted by Gasteiger charge is 2.44. The first-order chi connectivity index (χ1) is 20.3. The van der Waals surface area contributed by atoms with Gasteiger partial charge in [-0.1, -0.05) is 0 Å². The second-order valence-electron chi connectivity index (χ2n) is 11.7. The minimum absolute atomic E-state index is 0.00330. The van der Waals surface area contributed by atoms with Gasteiger partial charge in [-0.3, -0.25) is 9.36 Å². The van der Waals surface area contributed by atoms with Crippen LogP contribution in [0.4, 0.5) is 30.4 Å². The fourth-order valence-electron chi connectivity index (χ4n) is 5.20. The predicted molar refractivity (Wildman–Crippen MR) is 152 cm³/mol. The molecule has 1 saturated carbocycles. The number of ether oxygens (including phenoxy) is 2. The van der Waals surface area contributed by atoms with Crippen molar-refractivity contribution in [3.05, 3.63) is 35.7 Å². The second-order valence-corrected chi connectivity index (χ2v) is 13.6. The SMILES string of the molecule is CC1(C)COC(c2ccc(Nc3cc(NC(=O)[C@@H]4C[C@@H]4F)nc4c3nc(C(F)F)n4C3CCCCO3)c(S(C)(=O)=O)c2)=N1. The molecule has 1 unspecified atom stereocenters. The van der Waals surface area contributed by atoms with E-state index in [2.05, 4.69) is 25.6 Å². The van der Waals surface area contributed by atoms with Crippen molar-refractivity contribution in [2.75, 3.05) is 30.1 Å². The van der Waals surface area contributed by atoms with Crippen LogP contribution in [0.25, 0.3) is 11.2 Å². The average Bonchev–Trinajstić information content (AvgIpc) is 3.38. The summed E-state index contributed by atoms with van der Waals surface area (Å²) in [7, 11) is -3.83. The van der Waals surface area contributed by atoms with E-state index in [-0.39, 0.29) is 39.7 Å². The molecule has 11 nitrogen and oxygen atoms in total. The first-order valence-electron chi connectivity index (χ1n) is 13.9. The van der Waals surface area contributed by atoms with Crippen molar-refractivity contribution < 1.29 is 35.9 Å². The van der Waals surface area contributed by atoms with Crippen molar-refractivity contribution in [1.29, 1.82) is 0 Å². The number of fused-ring (bicyclic) bond motifs is 1. The van der Waals surface area contributed by atoms with Crippen molar-refractivity contribution >= 4 is 50.0 Å². The number of hydrogen-bond acceptors (Lipinski definition) is 9. The highest BCUT2D eigenvalue weighted by molar-refractivity contribution is 7.90. The topological polar surface area (TPSA) is 137 Å². The molecule has 1 aliphatic carbocycles. The zero-order chi connectivity index (χ0) is 30.7. The Morgan fingerprint density at radius 1 is 1.16 bits per heavy atom. The third-order valence-electron chi connectivity index (χ3n) is 7.48. The molecular weight excluding hydrogens is 589 g/mol. The minimum Gasteiger partial charge on any atom is -0.475 e. The Morgan fingerprint density at radius 3 is 2.53 bits per heavy atom. The molecule has 4 heterocycles. The summed E-state index contributed by atoms with van der Waals surface area (Å²) < 4.78 is 80.8. The Hall–Kier alpha value is -3.72. The molecule has 2 aliphatic heterocycles. The summed E-state index contributed by atoms with van der Waals surface area (Å²) in [6, 6.07) is 5.93. The van der Waals surface area contributed by atoms with Gasteiger partial charge in [0.15, 0.2) is 21.3 Å². The van der Waals surface area contributed by atoms with Crippen molar-refractivity contribution in [3.8, 4) is 0 Å². The lowest BCUT2D eigenvalue weighted by Gasteiger charge is -2.25. The molecule has 1 saturated heterocycles. The Morgan fingerprint density at radius 2 is 1.93 bits per heavy atom. The molecule has 2 fully saturated rings. The van der Waals surface area contributed by atoms with Gasteiger partial charge in [-0.25, -0.2) is 36.5 Å². The number of halogens is 3. The molecule has 230 valence electrons. The number of anilines is 3. The van der Waals surface area contributed by atoms with E-state index in [0.29, 0.717) is 31.1 Å². The number of nitrogens with zero attached hydrogens (tertiary/aromatic N) is 4.